The van der Waals surface area contributed by atoms with Gasteiger partial charge in [-0.3, -0.25) is 29.2 Å². The number of aliphatic imine (C=N–C) groups is 2. The van der Waals surface area contributed by atoms with E-state index in [0.717, 1.165) is 22.3 Å². The van der Waals surface area contributed by atoms with Crippen molar-refractivity contribution >= 4 is 70.4 Å². The Balaban J connectivity index is 0.788. The van der Waals surface area contributed by atoms with Crippen molar-refractivity contribution in [3.05, 3.63) is 101 Å². The van der Waals surface area contributed by atoms with Gasteiger partial charge in [0.2, 0.25) is 12.7 Å². The molecule has 362 valence electrons. The van der Waals surface area contributed by atoms with E-state index in [9.17, 15) is 24.0 Å². The number of methoxy groups -OCH3 is 2. The Morgan fingerprint density at radius 2 is 1.26 bits per heavy atom. The van der Waals surface area contributed by atoms with Crippen LogP contribution in [0.2, 0.25) is 0 Å². The summed E-state index contributed by atoms with van der Waals surface area (Å²) in [5.74, 6) is 1.06. The molecule has 0 saturated carbocycles. The lowest BCUT2D eigenvalue weighted by molar-refractivity contribution is -0.134. The smallest absolute Gasteiger partial charge is 0.405 e. The molecule has 0 fully saturated rings. The molecule has 5 heterocycles. The van der Waals surface area contributed by atoms with E-state index in [4.69, 9.17) is 48.9 Å². The molecule has 5 aliphatic heterocycles. The molecule has 0 unspecified atom stereocenters. The Morgan fingerprint density at radius 3 is 1.80 bits per heavy atom. The number of hydrogen-bond acceptors (Lipinski definition) is 14. The van der Waals surface area contributed by atoms with Gasteiger partial charge in [-0.25, -0.2) is 4.79 Å². The van der Waals surface area contributed by atoms with Gasteiger partial charge < -0.3 is 59.3 Å². The Hall–Kier alpha value is -8.35. The molecule has 4 atom stereocenters. The van der Waals surface area contributed by atoms with Gasteiger partial charge in [0, 0.05) is 61.9 Å². The van der Waals surface area contributed by atoms with Crippen molar-refractivity contribution in [2.75, 3.05) is 39.5 Å². The van der Waals surface area contributed by atoms with Gasteiger partial charge in [0.05, 0.1) is 62.0 Å². The summed E-state index contributed by atoms with van der Waals surface area (Å²) in [5.41, 5.74) is 10.9. The lowest BCUT2D eigenvalue weighted by atomic mass is 10.0. The first kappa shape index (κ1) is 46.7. The number of rotatable bonds is 16. The molecule has 70 heavy (non-hydrogen) atoms. The Morgan fingerprint density at radius 1 is 0.714 bits per heavy atom. The molecule has 0 aliphatic carbocycles. The van der Waals surface area contributed by atoms with Crippen LogP contribution in [0.15, 0.2) is 89.1 Å². The third kappa shape index (κ3) is 9.54. The topological polar surface area (TPSA) is 231 Å². The average Bonchev–Trinajstić information content (AvgIpc) is 4.09. The number of primary amides is 1. The minimum atomic E-state index is -1.14. The summed E-state index contributed by atoms with van der Waals surface area (Å²) >= 11 is 0. The second-order valence-electron chi connectivity index (χ2n) is 17.4. The Labute approximate surface area is 402 Å². The molecule has 0 radical (unpaired) electrons. The second-order valence-corrected chi connectivity index (χ2v) is 17.4. The maximum atomic E-state index is 14.0. The molecule has 4 aromatic carbocycles. The van der Waals surface area contributed by atoms with Gasteiger partial charge in [0.25, 0.3) is 17.7 Å². The fourth-order valence-electron chi connectivity index (χ4n) is 8.66. The molecule has 5 aliphatic rings. The number of nitrogens with two attached hydrogens (primary N) is 1. The summed E-state index contributed by atoms with van der Waals surface area (Å²) in [7, 11) is 3.02. The summed E-state index contributed by atoms with van der Waals surface area (Å²) in [6, 6.07) is 18.0. The minimum absolute atomic E-state index is 0.185. The highest BCUT2D eigenvalue weighted by Crippen LogP contribution is 2.43. The number of carbonyl (C=O) groups excluding carboxylic acids is 5. The summed E-state index contributed by atoms with van der Waals surface area (Å²) in [4.78, 5) is 77.5. The van der Waals surface area contributed by atoms with Crippen LogP contribution in [0.4, 0.5) is 21.9 Å². The van der Waals surface area contributed by atoms with Crippen molar-refractivity contribution in [2.24, 2.45) is 21.6 Å². The second kappa shape index (κ2) is 19.7. The predicted molar refractivity (Wildman–Crippen MR) is 258 cm³/mol. The van der Waals surface area contributed by atoms with Crippen LogP contribution in [0, 0.1) is 5.92 Å². The standard InChI is InChI=1S/C51H51N7O12/c1-27(2)46(70-51(52)63)48(60)55-28(3)47(59)56-33-10-7-29(8-11-33)31-15-34-22-53-38-20-44(41(64-4)18-36(38)49(61)57(34)24-31)66-13-6-14-67-45-21-39-37(19-42(45)65-5)50(62)58-25-32(16-35(58)23-54-39)30-9-12-40-43(17-30)69-26-68-40/h7-12,17-25,27-28,34-35,46H,6,13-16,26H2,1-5H3,(H2,52,63)(H,55,60)(H,56,59)/t28-,34-,35-,46-/m0/s1. The highest BCUT2D eigenvalue weighted by atomic mass is 16.7. The third-order valence-corrected chi connectivity index (χ3v) is 12.4. The number of ether oxygens (including phenoxy) is 7. The number of amides is 5. The first-order valence-corrected chi connectivity index (χ1v) is 22.7. The van der Waals surface area contributed by atoms with Crippen LogP contribution in [0.25, 0.3) is 11.1 Å². The van der Waals surface area contributed by atoms with E-state index in [-0.39, 0.29) is 49.8 Å². The quantitative estimate of drug-likeness (QED) is 0.0987. The average molecular weight is 954 g/mol. The first-order chi connectivity index (χ1) is 33.8. The maximum Gasteiger partial charge on any atom is 0.405 e. The molecule has 9 rings (SSSR count). The number of anilines is 1. The summed E-state index contributed by atoms with van der Waals surface area (Å²) in [6.45, 7) is 5.59. The van der Waals surface area contributed by atoms with Crippen molar-refractivity contribution < 1.29 is 57.1 Å². The first-order valence-electron chi connectivity index (χ1n) is 22.7. The number of fused-ring (bicyclic) bond motifs is 5. The van der Waals surface area contributed by atoms with Gasteiger partial charge in [0.15, 0.2) is 40.6 Å². The van der Waals surface area contributed by atoms with Gasteiger partial charge in [-0.2, -0.15) is 0 Å². The van der Waals surface area contributed by atoms with E-state index in [1.807, 2.05) is 36.5 Å². The van der Waals surface area contributed by atoms with Crippen molar-refractivity contribution in [3.63, 3.8) is 0 Å². The molecular formula is C51H51N7O12. The molecule has 19 nitrogen and oxygen atoms in total. The van der Waals surface area contributed by atoms with Crippen LogP contribution < -0.4 is 44.8 Å². The summed E-state index contributed by atoms with van der Waals surface area (Å²) < 4.78 is 39.5. The van der Waals surface area contributed by atoms with E-state index >= 15 is 0 Å². The van der Waals surface area contributed by atoms with Gasteiger partial charge >= 0.3 is 6.09 Å². The number of benzene rings is 4. The van der Waals surface area contributed by atoms with Gasteiger partial charge in [-0.15, -0.1) is 0 Å². The van der Waals surface area contributed by atoms with Crippen LogP contribution in [0.5, 0.6) is 34.5 Å². The predicted octanol–water partition coefficient (Wildman–Crippen LogP) is 6.79. The fraction of sp³-hybridized carbons (Fsp3) is 0.314. The highest BCUT2D eigenvalue weighted by Gasteiger charge is 2.36. The molecule has 4 N–H and O–H groups in total. The molecule has 0 saturated heterocycles. The lowest BCUT2D eigenvalue weighted by Gasteiger charge is -2.22. The zero-order valence-electron chi connectivity index (χ0n) is 39.1. The van der Waals surface area contributed by atoms with Gasteiger partial charge in [0.1, 0.15) is 6.04 Å². The summed E-state index contributed by atoms with van der Waals surface area (Å²) in [6.07, 6.45) is 6.53. The highest BCUT2D eigenvalue weighted by molar-refractivity contribution is 6.07. The van der Waals surface area contributed by atoms with Gasteiger partial charge in [-0.05, 0) is 71.5 Å². The van der Waals surface area contributed by atoms with Crippen molar-refractivity contribution in [1.82, 2.24) is 15.1 Å². The van der Waals surface area contributed by atoms with Gasteiger partial charge in [-0.1, -0.05) is 32.0 Å². The van der Waals surface area contributed by atoms with Crippen LogP contribution in [-0.4, -0.2) is 110 Å². The van der Waals surface area contributed by atoms with Crippen LogP contribution in [0.3, 0.4) is 0 Å². The van der Waals surface area contributed by atoms with Crippen molar-refractivity contribution in [2.45, 2.75) is 64.3 Å². The molecule has 19 heteroatoms. The number of nitrogens with zero attached hydrogens (tertiary/aromatic N) is 4. The van der Waals surface area contributed by atoms with Crippen molar-refractivity contribution in [1.29, 1.82) is 0 Å². The van der Waals surface area contributed by atoms with E-state index in [0.29, 0.717) is 81.9 Å². The molecular weight excluding hydrogens is 903 g/mol. The number of hydrogen-bond donors (Lipinski definition) is 3. The maximum absolute atomic E-state index is 14.0. The molecule has 5 amide bonds. The number of carbonyl (C=O) groups is 5. The van der Waals surface area contributed by atoms with Crippen molar-refractivity contribution in [3.8, 4) is 34.5 Å². The van der Waals surface area contributed by atoms with E-state index in [1.165, 1.54) is 21.1 Å². The molecule has 0 bridgehead atoms. The third-order valence-electron chi connectivity index (χ3n) is 12.4. The SMILES string of the molecule is COc1cc2c(cc1OCCCOc1cc3c(cc1OC)C(=O)N1C=C(c4ccc5c(c4)OCO5)C[C@H]1C=N3)N=C[C@@H]1CC(c3ccc(NC(=O)[C@H](C)NC(=O)[C@@H](OC(N)=O)C(C)C)cc3)=CN1C2=O. The monoisotopic (exact) mass is 953 g/mol. The van der Waals surface area contributed by atoms with Crippen LogP contribution in [0.1, 0.15) is 71.9 Å². The van der Waals surface area contributed by atoms with Crippen LogP contribution in [-0.2, 0) is 14.3 Å². The zero-order chi connectivity index (χ0) is 49.2. The zero-order valence-corrected chi connectivity index (χ0v) is 39.1. The van der Waals surface area contributed by atoms with Crippen LogP contribution >= 0.6 is 0 Å². The minimum Gasteiger partial charge on any atom is -0.493 e. The summed E-state index contributed by atoms with van der Waals surface area (Å²) in [5, 5.41) is 5.33. The Bertz CT molecular complexity index is 2890. The molecule has 4 aromatic rings. The Kier molecular flexibility index (Phi) is 13.2. The van der Waals surface area contributed by atoms with E-state index in [1.54, 1.807) is 78.7 Å². The molecule has 0 spiro atoms. The molecule has 0 aromatic heterocycles. The number of nitrogens with one attached hydrogen (secondary N) is 2. The largest absolute Gasteiger partial charge is 0.493 e. The van der Waals surface area contributed by atoms with E-state index < -0.39 is 30.1 Å². The lowest BCUT2D eigenvalue weighted by Crippen LogP contribution is -2.49. The fourth-order valence-corrected chi connectivity index (χ4v) is 8.66. The normalized spacial score (nSPS) is 18.0. The van der Waals surface area contributed by atoms with E-state index in [2.05, 4.69) is 10.6 Å².